The van der Waals surface area contributed by atoms with E-state index in [2.05, 4.69) is 0 Å². The smallest absolute Gasteiger partial charge is 0.219 e. The third-order valence-electron chi connectivity index (χ3n) is 2.53. The van der Waals surface area contributed by atoms with Crippen LogP contribution in [0.5, 0.6) is 0 Å². The topological polar surface area (TPSA) is 107 Å². The Morgan fingerprint density at radius 1 is 1.29 bits per heavy atom. The van der Waals surface area contributed by atoms with Gasteiger partial charge in [0, 0.05) is 44.8 Å². The number of nitrogens with zero attached hydrogens (tertiary/aromatic N) is 2. The summed E-state index contributed by atoms with van der Waals surface area (Å²) < 4.78 is 0. The molecule has 0 aromatic heterocycles. The Morgan fingerprint density at radius 3 is 2.12 bits per heavy atom. The molecule has 0 saturated carbocycles. The predicted octanol–water partition coefficient (Wildman–Crippen LogP) is -0.921. The van der Waals surface area contributed by atoms with E-state index in [1.807, 2.05) is 0 Å². The van der Waals surface area contributed by atoms with Gasteiger partial charge in [0.15, 0.2) is 0 Å². The summed E-state index contributed by atoms with van der Waals surface area (Å²) in [6.07, 6.45) is -0.818. The molecule has 0 radical (unpaired) electrons. The lowest BCUT2D eigenvalue weighted by atomic mass is 9.97. The fourth-order valence-corrected chi connectivity index (χ4v) is 1.59. The number of nitro groups is 1. The minimum atomic E-state index is -1.18. The molecule has 3 N–H and O–H groups in total. The lowest BCUT2D eigenvalue weighted by molar-refractivity contribution is -0.563. The van der Waals surface area contributed by atoms with Crippen molar-refractivity contribution in [3.63, 3.8) is 0 Å². The van der Waals surface area contributed by atoms with Gasteiger partial charge in [-0.2, -0.15) is 0 Å². The summed E-state index contributed by atoms with van der Waals surface area (Å²) in [7, 11) is 0. The molecular weight excluding hydrogens is 228 g/mol. The second-order valence-electron chi connectivity index (χ2n) is 4.68. The number of hydrogen-bond acceptors (Lipinski definition) is 6. The highest BCUT2D eigenvalue weighted by Gasteiger charge is 2.33. The zero-order chi connectivity index (χ0) is 13.5. The van der Waals surface area contributed by atoms with Gasteiger partial charge in [-0.15, -0.1) is 0 Å². The van der Waals surface area contributed by atoms with Crippen molar-refractivity contribution >= 4 is 0 Å². The third kappa shape index (κ3) is 6.52. The van der Waals surface area contributed by atoms with E-state index in [1.165, 1.54) is 13.8 Å². The van der Waals surface area contributed by atoms with E-state index in [0.717, 1.165) is 0 Å². The molecule has 0 aliphatic carbocycles. The monoisotopic (exact) mass is 250 g/mol. The Bertz CT molecular complexity index is 229. The average Bonchev–Trinajstić information content (AvgIpc) is 2.16. The SMILES string of the molecule is CC(C)(CC(O)CN(CCO)CCO)[N+](=O)[O-]. The normalized spacial score (nSPS) is 14.0. The Kier molecular flexibility index (Phi) is 7.21. The molecule has 0 aromatic carbocycles. The first-order valence-corrected chi connectivity index (χ1v) is 5.60. The molecule has 0 aliphatic rings. The van der Waals surface area contributed by atoms with Gasteiger partial charge in [-0.25, -0.2) is 0 Å². The minimum absolute atomic E-state index is 0.0351. The van der Waals surface area contributed by atoms with Crippen LogP contribution in [0.15, 0.2) is 0 Å². The molecule has 0 spiro atoms. The van der Waals surface area contributed by atoms with Crippen LogP contribution in [-0.2, 0) is 0 Å². The van der Waals surface area contributed by atoms with Crippen LogP contribution in [0.25, 0.3) is 0 Å². The molecule has 1 atom stereocenters. The van der Waals surface area contributed by atoms with Gasteiger partial charge < -0.3 is 15.3 Å². The van der Waals surface area contributed by atoms with E-state index in [1.54, 1.807) is 4.90 Å². The Morgan fingerprint density at radius 2 is 1.76 bits per heavy atom. The van der Waals surface area contributed by atoms with Gasteiger partial charge in [0.2, 0.25) is 5.54 Å². The summed E-state index contributed by atoms with van der Waals surface area (Å²) in [4.78, 5) is 11.9. The molecule has 0 fully saturated rings. The fraction of sp³-hybridized carbons (Fsp3) is 1.00. The highest BCUT2D eigenvalue weighted by Crippen LogP contribution is 2.16. The Labute approximate surface area is 101 Å². The molecule has 0 amide bonds. The molecule has 7 nitrogen and oxygen atoms in total. The molecule has 0 bridgehead atoms. The van der Waals surface area contributed by atoms with E-state index in [9.17, 15) is 15.2 Å². The lowest BCUT2D eigenvalue weighted by Gasteiger charge is -2.25. The van der Waals surface area contributed by atoms with E-state index < -0.39 is 16.6 Å². The van der Waals surface area contributed by atoms with Crippen molar-refractivity contribution in [2.75, 3.05) is 32.8 Å². The van der Waals surface area contributed by atoms with Gasteiger partial charge >= 0.3 is 0 Å². The molecule has 7 heteroatoms. The number of aliphatic hydroxyl groups is 3. The molecule has 0 aromatic rings. The Balaban J connectivity index is 4.21. The number of hydrogen-bond donors (Lipinski definition) is 3. The predicted molar refractivity (Wildman–Crippen MR) is 62.3 cm³/mol. The first-order chi connectivity index (χ1) is 7.83. The van der Waals surface area contributed by atoms with Gasteiger partial charge in [-0.3, -0.25) is 15.0 Å². The highest BCUT2D eigenvalue weighted by atomic mass is 16.6. The second kappa shape index (κ2) is 7.54. The van der Waals surface area contributed by atoms with E-state index in [-0.39, 0.29) is 26.2 Å². The van der Waals surface area contributed by atoms with Crippen LogP contribution in [0.4, 0.5) is 0 Å². The molecule has 0 saturated heterocycles. The summed E-state index contributed by atoms with van der Waals surface area (Å²) in [5, 5.41) is 38.0. The van der Waals surface area contributed by atoms with Crippen molar-refractivity contribution in [1.29, 1.82) is 0 Å². The zero-order valence-electron chi connectivity index (χ0n) is 10.4. The van der Waals surface area contributed by atoms with E-state index >= 15 is 0 Å². The summed E-state index contributed by atoms with van der Waals surface area (Å²) in [5.41, 5.74) is -1.18. The summed E-state index contributed by atoms with van der Waals surface area (Å²) >= 11 is 0. The standard InChI is InChI=1S/C10H22N2O5/c1-10(2,12(16)17)7-9(15)8-11(3-5-13)4-6-14/h9,13-15H,3-8H2,1-2H3. The first kappa shape index (κ1) is 16.2. The molecule has 1 unspecified atom stereocenters. The second-order valence-corrected chi connectivity index (χ2v) is 4.68. The van der Waals surface area contributed by atoms with Crippen LogP contribution in [-0.4, -0.2) is 69.6 Å². The molecular formula is C10H22N2O5. The van der Waals surface area contributed by atoms with Gasteiger partial charge in [0.25, 0.3) is 0 Å². The molecule has 0 rings (SSSR count). The van der Waals surface area contributed by atoms with Crippen molar-refractivity contribution in [3.05, 3.63) is 10.1 Å². The molecule has 0 heterocycles. The third-order valence-corrected chi connectivity index (χ3v) is 2.53. The first-order valence-electron chi connectivity index (χ1n) is 5.60. The zero-order valence-corrected chi connectivity index (χ0v) is 10.4. The maximum absolute atomic E-state index is 10.7. The number of rotatable bonds is 9. The van der Waals surface area contributed by atoms with Gasteiger partial charge in [0.1, 0.15) is 0 Å². The van der Waals surface area contributed by atoms with Crippen LogP contribution >= 0.6 is 0 Å². The average molecular weight is 250 g/mol. The largest absolute Gasteiger partial charge is 0.395 e. The van der Waals surface area contributed by atoms with Crippen molar-refractivity contribution in [2.45, 2.75) is 31.9 Å². The minimum Gasteiger partial charge on any atom is -0.395 e. The lowest BCUT2D eigenvalue weighted by Crippen LogP contribution is -2.42. The van der Waals surface area contributed by atoms with Crippen LogP contribution in [0.3, 0.4) is 0 Å². The van der Waals surface area contributed by atoms with Gasteiger partial charge in [0.05, 0.1) is 19.3 Å². The summed E-state index contributed by atoms with van der Waals surface area (Å²) in [6.45, 7) is 3.62. The van der Waals surface area contributed by atoms with Crippen LogP contribution in [0.1, 0.15) is 20.3 Å². The van der Waals surface area contributed by atoms with Crippen molar-refractivity contribution in [1.82, 2.24) is 4.90 Å². The van der Waals surface area contributed by atoms with E-state index in [4.69, 9.17) is 10.2 Å². The van der Waals surface area contributed by atoms with Crippen LogP contribution < -0.4 is 0 Å². The fourth-order valence-electron chi connectivity index (χ4n) is 1.59. The number of aliphatic hydroxyl groups excluding tert-OH is 3. The molecule has 0 aliphatic heterocycles. The quantitative estimate of drug-likeness (QED) is 0.361. The summed E-state index contributed by atoms with van der Waals surface area (Å²) in [6, 6.07) is 0. The maximum atomic E-state index is 10.7. The molecule has 102 valence electrons. The van der Waals surface area contributed by atoms with Crippen LogP contribution in [0.2, 0.25) is 0 Å². The van der Waals surface area contributed by atoms with E-state index in [0.29, 0.717) is 13.1 Å². The molecule has 17 heavy (non-hydrogen) atoms. The van der Waals surface area contributed by atoms with Crippen molar-refractivity contribution in [2.24, 2.45) is 0 Å². The van der Waals surface area contributed by atoms with Crippen molar-refractivity contribution in [3.8, 4) is 0 Å². The van der Waals surface area contributed by atoms with Gasteiger partial charge in [-0.05, 0) is 0 Å². The summed E-state index contributed by atoms with van der Waals surface area (Å²) in [5.74, 6) is 0. The van der Waals surface area contributed by atoms with Crippen LogP contribution in [0, 0.1) is 10.1 Å². The highest BCUT2D eigenvalue weighted by molar-refractivity contribution is 4.75. The van der Waals surface area contributed by atoms with Crippen molar-refractivity contribution < 1.29 is 20.2 Å². The Hall–Kier alpha value is -0.760. The van der Waals surface area contributed by atoms with Gasteiger partial charge in [-0.1, -0.05) is 0 Å². The maximum Gasteiger partial charge on any atom is 0.219 e.